The summed E-state index contributed by atoms with van der Waals surface area (Å²) in [4.78, 5) is 31.9. The Morgan fingerprint density at radius 1 is 1.12 bits per heavy atom. The largest absolute Gasteiger partial charge is 0.493 e. The quantitative estimate of drug-likeness (QED) is 0.264. The zero-order valence-electron chi connectivity index (χ0n) is 22.5. The van der Waals surface area contributed by atoms with Crippen LogP contribution in [0.1, 0.15) is 36.1 Å². The van der Waals surface area contributed by atoms with Crippen LogP contribution in [0.15, 0.2) is 87.8 Å². The molecule has 1 aliphatic rings. The number of benzene rings is 3. The lowest BCUT2D eigenvalue weighted by Crippen LogP contribution is -2.40. The monoisotopic (exact) mass is 592 g/mol. The minimum Gasteiger partial charge on any atom is -0.493 e. The van der Waals surface area contributed by atoms with Crippen LogP contribution in [0, 0.1) is 5.82 Å². The minimum atomic E-state index is -0.690. The zero-order valence-corrected chi connectivity index (χ0v) is 24.1. The number of carbonyl (C=O) groups excluding carboxylic acids is 1. The number of allylic oxidation sites excluding steroid dienone is 1. The molecule has 0 saturated carbocycles. The lowest BCUT2D eigenvalue weighted by atomic mass is 9.95. The van der Waals surface area contributed by atoms with E-state index >= 15 is 0 Å². The first kappa shape index (κ1) is 28.3. The fraction of sp³-hybridized carbons (Fsp3) is 0.194. The van der Waals surface area contributed by atoms with Crippen LogP contribution in [0.25, 0.3) is 6.08 Å². The Kier molecular flexibility index (Phi) is 8.37. The zero-order chi connectivity index (χ0) is 29.1. The van der Waals surface area contributed by atoms with Gasteiger partial charge < -0.3 is 14.2 Å². The van der Waals surface area contributed by atoms with Gasteiger partial charge in [-0.2, -0.15) is 0 Å². The third-order valence-electron chi connectivity index (χ3n) is 6.64. The van der Waals surface area contributed by atoms with Gasteiger partial charge in [-0.1, -0.05) is 78.4 Å². The van der Waals surface area contributed by atoms with E-state index in [0.29, 0.717) is 43.9 Å². The van der Waals surface area contributed by atoms with Crippen LogP contribution in [0.4, 0.5) is 4.39 Å². The number of thiazole rings is 1. The molecule has 0 fully saturated rings. The Morgan fingerprint density at radius 3 is 2.54 bits per heavy atom. The number of fused-ring (bicyclic) bond motifs is 1. The second-order valence-electron chi connectivity index (χ2n) is 9.11. The van der Waals surface area contributed by atoms with E-state index in [2.05, 4.69) is 4.99 Å². The van der Waals surface area contributed by atoms with Gasteiger partial charge in [-0.3, -0.25) is 9.36 Å². The van der Waals surface area contributed by atoms with E-state index in [4.69, 9.17) is 25.8 Å². The van der Waals surface area contributed by atoms with Crippen molar-refractivity contribution in [2.75, 3.05) is 14.2 Å². The molecule has 0 unspecified atom stereocenters. The van der Waals surface area contributed by atoms with Crippen molar-refractivity contribution in [3.8, 4) is 11.5 Å². The van der Waals surface area contributed by atoms with Crippen molar-refractivity contribution < 1.29 is 23.4 Å². The number of nitrogens with zero attached hydrogens (tertiary/aromatic N) is 2. The molecule has 0 N–H and O–H groups in total. The summed E-state index contributed by atoms with van der Waals surface area (Å²) in [6, 6.07) is 18.3. The Morgan fingerprint density at radius 2 is 1.85 bits per heavy atom. The lowest BCUT2D eigenvalue weighted by molar-refractivity contribution is -0.136. The smallest absolute Gasteiger partial charge is 0.338 e. The summed E-state index contributed by atoms with van der Waals surface area (Å²) in [6.07, 6.45) is 2.18. The van der Waals surface area contributed by atoms with E-state index in [1.54, 1.807) is 36.4 Å². The van der Waals surface area contributed by atoms with Crippen molar-refractivity contribution in [3.63, 3.8) is 0 Å². The van der Waals surface area contributed by atoms with Gasteiger partial charge in [0.25, 0.3) is 5.56 Å². The number of hydrogen-bond acceptors (Lipinski definition) is 7. The highest BCUT2D eigenvalue weighted by atomic mass is 35.5. The molecule has 3 aromatic carbocycles. The van der Waals surface area contributed by atoms with Crippen LogP contribution in [-0.4, -0.2) is 24.8 Å². The molecule has 7 nitrogen and oxygen atoms in total. The normalized spacial score (nSPS) is 14.9. The number of methoxy groups -OCH3 is 2. The summed E-state index contributed by atoms with van der Waals surface area (Å²) in [5.41, 5.74) is 2.33. The number of halogens is 2. The molecule has 10 heteroatoms. The Hall–Kier alpha value is -4.21. The molecule has 0 radical (unpaired) electrons. The van der Waals surface area contributed by atoms with E-state index in [9.17, 15) is 14.0 Å². The van der Waals surface area contributed by atoms with E-state index in [0.717, 1.165) is 5.56 Å². The molecule has 1 aromatic heterocycles. The number of esters is 1. The number of hydrogen-bond donors (Lipinski definition) is 0. The van der Waals surface area contributed by atoms with Gasteiger partial charge in [0, 0.05) is 5.56 Å². The summed E-state index contributed by atoms with van der Waals surface area (Å²) < 4.78 is 32.4. The van der Waals surface area contributed by atoms with Crippen LogP contribution < -0.4 is 24.4 Å². The molecule has 0 aliphatic carbocycles. The summed E-state index contributed by atoms with van der Waals surface area (Å²) in [5, 5.41) is 0.239. The molecule has 5 rings (SSSR count). The average molecular weight is 593 g/mol. The molecule has 0 saturated heterocycles. The molecule has 0 amide bonds. The first-order valence-electron chi connectivity index (χ1n) is 12.8. The Bertz CT molecular complexity index is 1830. The molecular weight excluding hydrogens is 567 g/mol. The molecule has 0 spiro atoms. The highest BCUT2D eigenvalue weighted by Crippen LogP contribution is 2.37. The van der Waals surface area contributed by atoms with Gasteiger partial charge in [0.15, 0.2) is 16.3 Å². The first-order valence-corrected chi connectivity index (χ1v) is 14.0. The van der Waals surface area contributed by atoms with Crippen molar-refractivity contribution in [2.24, 2.45) is 4.99 Å². The second-order valence-corrected chi connectivity index (χ2v) is 10.5. The van der Waals surface area contributed by atoms with Gasteiger partial charge in [-0.15, -0.1) is 0 Å². The highest BCUT2D eigenvalue weighted by Gasteiger charge is 2.33. The molecule has 4 aromatic rings. The minimum absolute atomic E-state index is 0.0392. The SMILES string of the molecule is CCC1=C(C(=O)OC)[C@@H](c2ccccc2)n2c(s/c(=C\c3cc(Cl)c(OCc4ccccc4F)c(OC)c3)c2=O)=N1. The van der Waals surface area contributed by atoms with Crippen molar-refractivity contribution in [3.05, 3.63) is 125 Å². The summed E-state index contributed by atoms with van der Waals surface area (Å²) in [6.45, 7) is 1.87. The summed E-state index contributed by atoms with van der Waals surface area (Å²) in [7, 11) is 2.79. The van der Waals surface area contributed by atoms with Crippen molar-refractivity contribution in [1.29, 1.82) is 0 Å². The predicted octanol–water partition coefficient (Wildman–Crippen LogP) is 5.18. The molecule has 0 bridgehead atoms. The van der Waals surface area contributed by atoms with E-state index in [-0.39, 0.29) is 28.8 Å². The maximum absolute atomic E-state index is 14.1. The lowest BCUT2D eigenvalue weighted by Gasteiger charge is -2.25. The van der Waals surface area contributed by atoms with Crippen LogP contribution in [0.5, 0.6) is 11.5 Å². The third kappa shape index (κ3) is 5.55. The average Bonchev–Trinajstić information content (AvgIpc) is 3.30. The van der Waals surface area contributed by atoms with E-state index < -0.39 is 12.0 Å². The summed E-state index contributed by atoms with van der Waals surface area (Å²) >= 11 is 7.78. The van der Waals surface area contributed by atoms with E-state index in [1.807, 2.05) is 37.3 Å². The second kappa shape index (κ2) is 12.1. The Balaban J connectivity index is 1.59. The molecule has 41 heavy (non-hydrogen) atoms. The van der Waals surface area contributed by atoms with Crippen molar-refractivity contribution in [2.45, 2.75) is 26.0 Å². The first-order chi connectivity index (χ1) is 19.9. The van der Waals surface area contributed by atoms with Crippen molar-refractivity contribution in [1.82, 2.24) is 4.57 Å². The third-order valence-corrected chi connectivity index (χ3v) is 7.91. The highest BCUT2D eigenvalue weighted by molar-refractivity contribution is 7.07. The van der Waals surface area contributed by atoms with Gasteiger partial charge in [-0.05, 0) is 41.8 Å². The topological polar surface area (TPSA) is 79.1 Å². The fourth-order valence-electron chi connectivity index (χ4n) is 4.69. The van der Waals surface area contributed by atoms with Crippen molar-refractivity contribution >= 4 is 35.0 Å². The summed E-state index contributed by atoms with van der Waals surface area (Å²) in [5.74, 6) is -0.326. The van der Waals surface area contributed by atoms with Crippen LogP contribution in [0.3, 0.4) is 0 Å². The van der Waals surface area contributed by atoms with Gasteiger partial charge in [-0.25, -0.2) is 14.2 Å². The maximum atomic E-state index is 14.1. The number of carbonyl (C=O) groups is 1. The number of aromatic nitrogens is 1. The van der Waals surface area contributed by atoms with Crippen LogP contribution in [0.2, 0.25) is 5.02 Å². The standard InChI is InChI=1S/C31H26ClFN2O5S/c1-4-23-26(30(37)39-3)27(19-10-6-5-7-11-19)35-29(36)25(41-31(35)34-23)16-18-14-21(32)28(24(15-18)38-2)40-17-20-12-8-9-13-22(20)33/h5-16,27H,4,17H2,1-3H3/b25-16-/t27-/m1/s1. The molecule has 2 heterocycles. The molecular formula is C31H26ClFN2O5S. The van der Waals surface area contributed by atoms with Gasteiger partial charge in [0.05, 0.1) is 41.1 Å². The number of ether oxygens (including phenoxy) is 3. The van der Waals surface area contributed by atoms with Gasteiger partial charge in [0.2, 0.25) is 0 Å². The molecule has 1 aliphatic heterocycles. The maximum Gasteiger partial charge on any atom is 0.338 e. The van der Waals surface area contributed by atoms with Gasteiger partial charge >= 0.3 is 5.97 Å². The number of rotatable bonds is 8. The molecule has 210 valence electrons. The van der Waals surface area contributed by atoms with E-state index in [1.165, 1.54) is 36.2 Å². The molecule has 1 atom stereocenters. The van der Waals surface area contributed by atoms with Gasteiger partial charge in [0.1, 0.15) is 12.4 Å². The predicted molar refractivity (Wildman–Crippen MR) is 156 cm³/mol. The Labute approximate surface area is 244 Å². The van der Waals surface area contributed by atoms with Crippen LogP contribution >= 0.6 is 22.9 Å². The van der Waals surface area contributed by atoms with Crippen LogP contribution in [-0.2, 0) is 16.1 Å². The fourth-order valence-corrected chi connectivity index (χ4v) is 5.99.